The molecule has 0 aliphatic heterocycles. The molecule has 0 bridgehead atoms. The summed E-state index contributed by atoms with van der Waals surface area (Å²) < 4.78 is 0. The number of halogens is 1. The summed E-state index contributed by atoms with van der Waals surface area (Å²) >= 11 is 7.23. The quantitative estimate of drug-likeness (QED) is 0.695. The van der Waals surface area contributed by atoms with Gasteiger partial charge in [0.05, 0.1) is 10.7 Å². The highest BCUT2D eigenvalue weighted by molar-refractivity contribution is 7.09. The first-order valence-electron chi connectivity index (χ1n) is 5.69. The second kappa shape index (κ2) is 6.33. The van der Waals surface area contributed by atoms with Gasteiger partial charge in [-0.15, -0.1) is 11.3 Å². The highest BCUT2D eigenvalue weighted by Crippen LogP contribution is 2.16. The molecule has 2 aromatic rings. The zero-order chi connectivity index (χ0) is 14.5. The van der Waals surface area contributed by atoms with Crippen LogP contribution in [0.5, 0.6) is 0 Å². The van der Waals surface area contributed by atoms with Crippen LogP contribution in [0.1, 0.15) is 10.7 Å². The fourth-order valence-corrected chi connectivity index (χ4v) is 2.17. The molecule has 0 atom stereocenters. The third kappa shape index (κ3) is 3.67. The van der Waals surface area contributed by atoms with Crippen LogP contribution in [-0.2, 0) is 4.79 Å². The van der Waals surface area contributed by atoms with E-state index in [2.05, 4.69) is 10.3 Å². The number of nitriles is 1. The Morgan fingerprint density at radius 1 is 1.45 bits per heavy atom. The van der Waals surface area contributed by atoms with Gasteiger partial charge in [-0.1, -0.05) is 11.6 Å². The topological polar surface area (TPSA) is 65.8 Å². The average molecular weight is 304 g/mol. The lowest BCUT2D eigenvalue weighted by Crippen LogP contribution is -2.13. The van der Waals surface area contributed by atoms with Crippen LogP contribution in [-0.4, -0.2) is 10.9 Å². The number of carbonyl (C=O) groups is 1. The average Bonchev–Trinajstić information content (AvgIpc) is 2.84. The number of anilines is 1. The predicted molar refractivity (Wildman–Crippen MR) is 80.5 cm³/mol. The van der Waals surface area contributed by atoms with Gasteiger partial charge in [0, 0.05) is 16.1 Å². The number of amides is 1. The van der Waals surface area contributed by atoms with Crippen LogP contribution < -0.4 is 5.32 Å². The fraction of sp³-hybridized carbons (Fsp3) is 0.0714. The number of hydrogen-bond donors (Lipinski definition) is 1. The van der Waals surface area contributed by atoms with Gasteiger partial charge in [-0.05, 0) is 37.3 Å². The van der Waals surface area contributed by atoms with E-state index in [1.165, 1.54) is 17.4 Å². The van der Waals surface area contributed by atoms with Crippen LogP contribution in [0.15, 0.2) is 35.2 Å². The van der Waals surface area contributed by atoms with Crippen molar-refractivity contribution < 1.29 is 4.79 Å². The Hall–Kier alpha value is -2.16. The molecule has 100 valence electrons. The van der Waals surface area contributed by atoms with Gasteiger partial charge in [0.1, 0.15) is 11.6 Å². The van der Waals surface area contributed by atoms with Crippen molar-refractivity contribution in [2.24, 2.45) is 0 Å². The van der Waals surface area contributed by atoms with Gasteiger partial charge in [0.15, 0.2) is 0 Å². The monoisotopic (exact) mass is 303 g/mol. The first kappa shape index (κ1) is 14.3. The molecule has 1 aromatic carbocycles. The predicted octanol–water partition coefficient (Wildman–Crippen LogP) is 3.65. The van der Waals surface area contributed by atoms with Crippen LogP contribution in [0.3, 0.4) is 0 Å². The molecule has 0 fully saturated rings. The van der Waals surface area contributed by atoms with Gasteiger partial charge in [-0.2, -0.15) is 5.26 Å². The lowest BCUT2D eigenvalue weighted by Gasteiger charge is -2.03. The van der Waals surface area contributed by atoms with Crippen LogP contribution in [0.4, 0.5) is 5.69 Å². The Kier molecular flexibility index (Phi) is 4.51. The Balaban J connectivity index is 2.16. The van der Waals surface area contributed by atoms with Gasteiger partial charge in [-0.25, -0.2) is 4.98 Å². The third-order valence-electron chi connectivity index (χ3n) is 2.40. The lowest BCUT2D eigenvalue weighted by atomic mass is 10.2. The summed E-state index contributed by atoms with van der Waals surface area (Å²) in [6.45, 7) is 1.86. The van der Waals surface area contributed by atoms with E-state index in [0.717, 1.165) is 5.01 Å². The van der Waals surface area contributed by atoms with Crippen LogP contribution in [0.25, 0.3) is 6.08 Å². The normalized spacial score (nSPS) is 10.9. The number of aryl methyl sites for hydroxylation is 1. The van der Waals surface area contributed by atoms with Gasteiger partial charge < -0.3 is 5.32 Å². The van der Waals surface area contributed by atoms with E-state index >= 15 is 0 Å². The van der Waals surface area contributed by atoms with E-state index in [1.54, 1.807) is 29.6 Å². The molecule has 0 saturated heterocycles. The number of carbonyl (C=O) groups excluding carboxylic acids is 1. The summed E-state index contributed by atoms with van der Waals surface area (Å²) in [6, 6.07) is 8.54. The third-order valence-corrected chi connectivity index (χ3v) is 3.44. The maximum atomic E-state index is 12.0. The van der Waals surface area contributed by atoms with E-state index in [1.807, 2.05) is 13.0 Å². The van der Waals surface area contributed by atoms with Crippen molar-refractivity contribution >= 4 is 40.6 Å². The summed E-state index contributed by atoms with van der Waals surface area (Å²) in [5, 5.41) is 15.0. The molecule has 0 unspecified atom stereocenters. The minimum Gasteiger partial charge on any atom is -0.321 e. The summed E-state index contributed by atoms with van der Waals surface area (Å²) in [6.07, 6.45) is 1.47. The molecule has 0 aliphatic rings. The SMILES string of the molecule is Cc1nc(/C=C(\C#N)C(=O)Nc2ccc(Cl)cc2)cs1. The summed E-state index contributed by atoms with van der Waals surface area (Å²) in [7, 11) is 0. The van der Waals surface area contributed by atoms with Gasteiger partial charge in [0.25, 0.3) is 5.91 Å². The molecule has 2 rings (SSSR count). The van der Waals surface area contributed by atoms with Gasteiger partial charge in [0.2, 0.25) is 0 Å². The Labute approximate surface area is 125 Å². The van der Waals surface area contributed by atoms with E-state index in [9.17, 15) is 4.79 Å². The smallest absolute Gasteiger partial charge is 0.266 e. The van der Waals surface area contributed by atoms with Crippen molar-refractivity contribution in [3.63, 3.8) is 0 Å². The Bertz CT molecular complexity index is 698. The second-order valence-corrected chi connectivity index (χ2v) is 5.42. The number of nitrogens with one attached hydrogen (secondary N) is 1. The number of aromatic nitrogens is 1. The van der Waals surface area contributed by atoms with Crippen molar-refractivity contribution in [1.29, 1.82) is 5.26 Å². The minimum absolute atomic E-state index is 0.00486. The molecular weight excluding hydrogens is 294 g/mol. The van der Waals surface area contributed by atoms with Crippen LogP contribution in [0.2, 0.25) is 5.02 Å². The lowest BCUT2D eigenvalue weighted by molar-refractivity contribution is -0.112. The van der Waals surface area contributed by atoms with Crippen molar-refractivity contribution in [1.82, 2.24) is 4.98 Å². The van der Waals surface area contributed by atoms with Crippen LogP contribution in [0, 0.1) is 18.3 Å². The highest BCUT2D eigenvalue weighted by Gasteiger charge is 2.10. The summed E-state index contributed by atoms with van der Waals surface area (Å²) in [5.74, 6) is -0.472. The molecule has 0 radical (unpaired) electrons. The zero-order valence-corrected chi connectivity index (χ0v) is 12.1. The molecular formula is C14H10ClN3OS. The van der Waals surface area contributed by atoms with Gasteiger partial charge in [-0.3, -0.25) is 4.79 Å². The number of hydrogen-bond acceptors (Lipinski definition) is 4. The Morgan fingerprint density at radius 3 is 2.70 bits per heavy atom. The van der Waals surface area contributed by atoms with Gasteiger partial charge >= 0.3 is 0 Å². The first-order valence-corrected chi connectivity index (χ1v) is 6.95. The highest BCUT2D eigenvalue weighted by atomic mass is 35.5. The van der Waals surface area contributed by atoms with Crippen molar-refractivity contribution in [3.05, 3.63) is 50.9 Å². The molecule has 0 spiro atoms. The maximum Gasteiger partial charge on any atom is 0.266 e. The zero-order valence-electron chi connectivity index (χ0n) is 10.6. The summed E-state index contributed by atoms with van der Waals surface area (Å²) in [4.78, 5) is 16.2. The molecule has 4 nitrogen and oxygen atoms in total. The van der Waals surface area contributed by atoms with E-state index in [4.69, 9.17) is 16.9 Å². The number of thiazole rings is 1. The van der Waals surface area contributed by atoms with Crippen molar-refractivity contribution in [2.75, 3.05) is 5.32 Å². The summed E-state index contributed by atoms with van der Waals surface area (Å²) in [5.41, 5.74) is 1.19. The molecule has 0 aliphatic carbocycles. The second-order valence-electron chi connectivity index (χ2n) is 3.92. The maximum absolute atomic E-state index is 12.0. The first-order chi connectivity index (χ1) is 9.58. The standard InChI is InChI=1S/C14H10ClN3OS/c1-9-17-13(8-20-9)6-10(7-16)14(19)18-12-4-2-11(15)3-5-12/h2-6,8H,1H3,(H,18,19)/b10-6+. The molecule has 1 heterocycles. The van der Waals surface area contributed by atoms with Crippen LogP contribution >= 0.6 is 22.9 Å². The number of benzene rings is 1. The van der Waals surface area contributed by atoms with Crippen molar-refractivity contribution in [2.45, 2.75) is 6.92 Å². The molecule has 1 amide bonds. The molecule has 6 heteroatoms. The van der Waals surface area contributed by atoms with E-state index in [0.29, 0.717) is 16.4 Å². The van der Waals surface area contributed by atoms with E-state index in [-0.39, 0.29) is 5.57 Å². The Morgan fingerprint density at radius 2 is 2.15 bits per heavy atom. The largest absolute Gasteiger partial charge is 0.321 e. The molecule has 1 aromatic heterocycles. The minimum atomic E-state index is -0.472. The molecule has 20 heavy (non-hydrogen) atoms. The van der Waals surface area contributed by atoms with E-state index < -0.39 is 5.91 Å². The number of rotatable bonds is 3. The fourth-order valence-electron chi connectivity index (χ4n) is 1.47. The number of nitrogens with zero attached hydrogens (tertiary/aromatic N) is 2. The van der Waals surface area contributed by atoms with Crippen molar-refractivity contribution in [3.8, 4) is 6.07 Å². The molecule has 1 N–H and O–H groups in total. The molecule has 0 saturated carbocycles.